The summed E-state index contributed by atoms with van der Waals surface area (Å²) in [4.78, 5) is 18.5. The number of amides is 1. The number of likely N-dealkylation sites (tertiary alicyclic amines) is 1. The van der Waals surface area contributed by atoms with Gasteiger partial charge in [0.15, 0.2) is 0 Å². The summed E-state index contributed by atoms with van der Waals surface area (Å²) in [6, 6.07) is 13.7. The minimum atomic E-state index is -0.702. The Morgan fingerprint density at radius 3 is 2.58 bits per heavy atom. The molecule has 1 aliphatic heterocycles. The van der Waals surface area contributed by atoms with Crippen LogP contribution in [0.5, 0.6) is 0 Å². The first-order chi connectivity index (χ1) is 12.6. The second kappa shape index (κ2) is 8.43. The predicted octanol–water partition coefficient (Wildman–Crippen LogP) is 1.83. The fourth-order valence-corrected chi connectivity index (χ4v) is 3.71. The Kier molecular flexibility index (Phi) is 6.01. The third kappa shape index (κ3) is 4.29. The molecule has 0 unspecified atom stereocenters. The van der Waals surface area contributed by atoms with E-state index in [4.69, 9.17) is 0 Å². The summed E-state index contributed by atoms with van der Waals surface area (Å²) in [5.74, 6) is 0.0691. The molecule has 0 bridgehead atoms. The highest BCUT2D eigenvalue weighted by Crippen LogP contribution is 2.34. The Morgan fingerprint density at radius 2 is 1.88 bits per heavy atom. The summed E-state index contributed by atoms with van der Waals surface area (Å²) in [6.07, 6.45) is 4.99. The first kappa shape index (κ1) is 18.5. The summed E-state index contributed by atoms with van der Waals surface area (Å²) in [5.41, 5.74) is 1.45. The number of aliphatic hydroxyl groups is 2. The van der Waals surface area contributed by atoms with Crippen molar-refractivity contribution in [2.24, 2.45) is 5.41 Å². The predicted molar refractivity (Wildman–Crippen MR) is 99.4 cm³/mol. The van der Waals surface area contributed by atoms with Crippen LogP contribution < -0.4 is 0 Å². The summed E-state index contributed by atoms with van der Waals surface area (Å²) < 4.78 is 0. The first-order valence-electron chi connectivity index (χ1n) is 9.12. The van der Waals surface area contributed by atoms with Gasteiger partial charge in [0, 0.05) is 37.3 Å². The largest absolute Gasteiger partial charge is 0.396 e. The van der Waals surface area contributed by atoms with Crippen LogP contribution in [0.25, 0.3) is 0 Å². The molecule has 1 aliphatic rings. The van der Waals surface area contributed by atoms with E-state index in [0.29, 0.717) is 38.8 Å². The maximum atomic E-state index is 12.7. The molecule has 5 nitrogen and oxygen atoms in total. The molecule has 0 aliphatic carbocycles. The van der Waals surface area contributed by atoms with Crippen LogP contribution >= 0.6 is 0 Å². The highest BCUT2D eigenvalue weighted by Gasteiger charge is 2.43. The SMILES string of the molecule is O=C(CCc1ccncc1)N1CC[C@@H](O)[C@@](CO)(Cc2ccccc2)C1. The smallest absolute Gasteiger partial charge is 0.222 e. The Bertz CT molecular complexity index is 708. The van der Waals surface area contributed by atoms with Gasteiger partial charge in [-0.1, -0.05) is 30.3 Å². The molecule has 0 saturated carbocycles. The molecule has 2 atom stereocenters. The van der Waals surface area contributed by atoms with Crippen LogP contribution in [0.2, 0.25) is 0 Å². The second-order valence-corrected chi connectivity index (χ2v) is 7.16. The van der Waals surface area contributed by atoms with E-state index in [2.05, 4.69) is 4.98 Å². The molecule has 0 spiro atoms. The molecule has 1 aromatic carbocycles. The van der Waals surface area contributed by atoms with Gasteiger partial charge in [-0.05, 0) is 42.5 Å². The lowest BCUT2D eigenvalue weighted by atomic mass is 9.73. The van der Waals surface area contributed by atoms with Crippen LogP contribution in [0.15, 0.2) is 54.9 Å². The van der Waals surface area contributed by atoms with Crippen LogP contribution in [0.3, 0.4) is 0 Å². The molecule has 1 aromatic heterocycles. The number of hydrogen-bond acceptors (Lipinski definition) is 4. The summed E-state index contributed by atoms with van der Waals surface area (Å²) in [5, 5.41) is 20.7. The molecule has 26 heavy (non-hydrogen) atoms. The van der Waals surface area contributed by atoms with E-state index in [-0.39, 0.29) is 12.5 Å². The number of hydrogen-bond donors (Lipinski definition) is 2. The van der Waals surface area contributed by atoms with Crippen molar-refractivity contribution in [3.8, 4) is 0 Å². The van der Waals surface area contributed by atoms with Crippen LogP contribution in [-0.2, 0) is 17.6 Å². The zero-order valence-electron chi connectivity index (χ0n) is 14.9. The van der Waals surface area contributed by atoms with E-state index < -0.39 is 11.5 Å². The number of carbonyl (C=O) groups excluding carboxylic acids is 1. The second-order valence-electron chi connectivity index (χ2n) is 7.16. The molecule has 1 saturated heterocycles. The van der Waals surface area contributed by atoms with Gasteiger partial charge in [-0.2, -0.15) is 0 Å². The highest BCUT2D eigenvalue weighted by molar-refractivity contribution is 5.76. The van der Waals surface area contributed by atoms with Crippen LogP contribution in [0.4, 0.5) is 0 Å². The van der Waals surface area contributed by atoms with E-state index in [1.54, 1.807) is 17.3 Å². The van der Waals surface area contributed by atoms with Gasteiger partial charge < -0.3 is 15.1 Å². The van der Waals surface area contributed by atoms with Crippen LogP contribution in [0.1, 0.15) is 24.0 Å². The molecule has 138 valence electrons. The topological polar surface area (TPSA) is 73.7 Å². The number of pyridine rings is 1. The number of benzene rings is 1. The normalized spacial score (nSPS) is 23.0. The van der Waals surface area contributed by atoms with Crippen molar-refractivity contribution in [2.75, 3.05) is 19.7 Å². The summed E-state index contributed by atoms with van der Waals surface area (Å²) in [7, 11) is 0. The van der Waals surface area contributed by atoms with Crippen LogP contribution in [0, 0.1) is 5.41 Å². The molecule has 5 heteroatoms. The summed E-state index contributed by atoms with van der Waals surface area (Å²) in [6.45, 7) is 0.777. The Labute approximate surface area is 154 Å². The number of aryl methyl sites for hydroxylation is 1. The van der Waals surface area contributed by atoms with Gasteiger partial charge in [0.2, 0.25) is 5.91 Å². The van der Waals surface area contributed by atoms with E-state index in [1.807, 2.05) is 42.5 Å². The molecular formula is C21H26N2O3. The standard InChI is InChI=1S/C21H26N2O3/c24-16-21(14-18-4-2-1-3-5-18)15-23(13-10-19(21)25)20(26)7-6-17-8-11-22-12-9-17/h1-5,8-9,11-12,19,24-25H,6-7,10,13-16H2/t19-,21+/m1/s1. The van der Waals surface area contributed by atoms with Crippen molar-refractivity contribution in [1.82, 2.24) is 9.88 Å². The maximum Gasteiger partial charge on any atom is 0.222 e. The number of carbonyl (C=O) groups is 1. The average molecular weight is 354 g/mol. The number of nitrogens with zero attached hydrogens (tertiary/aromatic N) is 2. The lowest BCUT2D eigenvalue weighted by molar-refractivity contribution is -0.141. The van der Waals surface area contributed by atoms with Crippen LogP contribution in [-0.4, -0.2) is 51.8 Å². The molecule has 1 amide bonds. The van der Waals surface area contributed by atoms with Gasteiger partial charge >= 0.3 is 0 Å². The average Bonchev–Trinajstić information content (AvgIpc) is 2.69. The Hall–Kier alpha value is -2.24. The number of aromatic nitrogens is 1. The van der Waals surface area contributed by atoms with Gasteiger partial charge in [0.05, 0.1) is 12.7 Å². The third-order valence-corrected chi connectivity index (χ3v) is 5.33. The molecule has 1 fully saturated rings. The van der Waals surface area contributed by atoms with Gasteiger partial charge in [-0.15, -0.1) is 0 Å². The molecule has 2 heterocycles. The summed E-state index contributed by atoms with van der Waals surface area (Å²) >= 11 is 0. The molecule has 2 aromatic rings. The first-order valence-corrected chi connectivity index (χ1v) is 9.12. The van der Waals surface area contributed by atoms with Crippen molar-refractivity contribution in [3.63, 3.8) is 0 Å². The molecular weight excluding hydrogens is 328 g/mol. The van der Waals surface area contributed by atoms with E-state index >= 15 is 0 Å². The lowest BCUT2D eigenvalue weighted by Gasteiger charge is -2.45. The van der Waals surface area contributed by atoms with E-state index in [1.165, 1.54) is 0 Å². The zero-order chi connectivity index (χ0) is 18.4. The molecule has 2 N–H and O–H groups in total. The van der Waals surface area contributed by atoms with Gasteiger partial charge in [-0.25, -0.2) is 0 Å². The van der Waals surface area contributed by atoms with Crippen molar-refractivity contribution < 1.29 is 15.0 Å². The van der Waals surface area contributed by atoms with Crippen molar-refractivity contribution in [2.45, 2.75) is 31.8 Å². The fourth-order valence-electron chi connectivity index (χ4n) is 3.71. The quantitative estimate of drug-likeness (QED) is 0.830. The fraction of sp³-hybridized carbons (Fsp3) is 0.429. The third-order valence-electron chi connectivity index (χ3n) is 5.33. The minimum absolute atomic E-state index is 0.0691. The zero-order valence-corrected chi connectivity index (χ0v) is 14.9. The number of piperidine rings is 1. The van der Waals surface area contributed by atoms with Gasteiger partial charge in [0.1, 0.15) is 0 Å². The van der Waals surface area contributed by atoms with E-state index in [0.717, 1.165) is 11.1 Å². The number of aliphatic hydroxyl groups excluding tert-OH is 2. The molecule has 3 rings (SSSR count). The van der Waals surface area contributed by atoms with Gasteiger partial charge in [0.25, 0.3) is 0 Å². The monoisotopic (exact) mass is 354 g/mol. The van der Waals surface area contributed by atoms with Gasteiger partial charge in [-0.3, -0.25) is 9.78 Å². The minimum Gasteiger partial charge on any atom is -0.396 e. The maximum absolute atomic E-state index is 12.7. The Morgan fingerprint density at radius 1 is 1.15 bits per heavy atom. The Balaban J connectivity index is 1.66. The molecule has 0 radical (unpaired) electrons. The highest BCUT2D eigenvalue weighted by atomic mass is 16.3. The van der Waals surface area contributed by atoms with Crippen molar-refractivity contribution >= 4 is 5.91 Å². The van der Waals surface area contributed by atoms with Crippen molar-refractivity contribution in [1.29, 1.82) is 0 Å². The lowest BCUT2D eigenvalue weighted by Crippen LogP contribution is -2.56. The van der Waals surface area contributed by atoms with Crippen molar-refractivity contribution in [3.05, 3.63) is 66.0 Å². The number of rotatable bonds is 6. The van der Waals surface area contributed by atoms with E-state index in [9.17, 15) is 15.0 Å².